The molecule has 0 aromatic heterocycles. The van der Waals surface area contributed by atoms with E-state index in [1.165, 1.54) is 6.07 Å². The first-order chi connectivity index (χ1) is 12.5. The van der Waals surface area contributed by atoms with E-state index in [0.717, 1.165) is 12.1 Å². The molecule has 11 heteroatoms. The van der Waals surface area contributed by atoms with Crippen molar-refractivity contribution in [3.63, 3.8) is 0 Å². The maximum Gasteiger partial charge on any atom is 0.509 e. The first-order valence-electron chi connectivity index (χ1n) is 8.57. The standard InChI is InChI=1S/C16H22BF3N5O2/c1-16(2,3)27-15(26)25-6-4-24(5-7-25)11-12-8-13(17(18,19)20)10-14(9-12)22-23-21/h8-10H,4-7,11H2,1-3H3/q-1. The molecule has 2 rings (SSSR count). The number of hydrogen-bond acceptors (Lipinski definition) is 4. The summed E-state index contributed by atoms with van der Waals surface area (Å²) in [5, 5.41) is 3.31. The van der Waals surface area contributed by atoms with E-state index in [2.05, 4.69) is 10.0 Å². The lowest BCUT2D eigenvalue weighted by Gasteiger charge is -2.35. The van der Waals surface area contributed by atoms with E-state index in [-0.39, 0.29) is 12.2 Å². The highest BCUT2D eigenvalue weighted by molar-refractivity contribution is 6.73. The van der Waals surface area contributed by atoms with Gasteiger partial charge in [0.25, 0.3) is 0 Å². The molecule has 7 nitrogen and oxygen atoms in total. The van der Waals surface area contributed by atoms with Crippen LogP contribution in [0.1, 0.15) is 26.3 Å². The summed E-state index contributed by atoms with van der Waals surface area (Å²) in [4.78, 5) is 18.2. The number of ether oxygens (including phenoxy) is 1. The number of benzene rings is 1. The van der Waals surface area contributed by atoms with Gasteiger partial charge >= 0.3 is 13.1 Å². The quantitative estimate of drug-likeness (QED) is 0.343. The molecule has 0 unspecified atom stereocenters. The molecule has 0 atom stereocenters. The molecule has 1 amide bonds. The summed E-state index contributed by atoms with van der Waals surface area (Å²) in [6.07, 6.45) is -0.394. The molecular weight excluding hydrogens is 362 g/mol. The lowest BCUT2D eigenvalue weighted by molar-refractivity contribution is 0.0139. The van der Waals surface area contributed by atoms with Crippen LogP contribution in [-0.2, 0) is 11.3 Å². The molecule has 0 spiro atoms. The molecule has 1 fully saturated rings. The molecule has 0 bridgehead atoms. The van der Waals surface area contributed by atoms with Crippen molar-refractivity contribution >= 4 is 24.2 Å². The number of halogens is 3. The highest BCUT2D eigenvalue weighted by Crippen LogP contribution is 2.20. The van der Waals surface area contributed by atoms with Crippen LogP contribution in [0.4, 0.5) is 23.4 Å². The van der Waals surface area contributed by atoms with Crippen LogP contribution in [0.25, 0.3) is 10.4 Å². The molecule has 27 heavy (non-hydrogen) atoms. The third-order valence-corrected chi connectivity index (χ3v) is 3.97. The van der Waals surface area contributed by atoms with E-state index in [1.54, 1.807) is 25.7 Å². The summed E-state index contributed by atoms with van der Waals surface area (Å²) in [6.45, 7) is 2.34. The Morgan fingerprint density at radius 2 is 1.85 bits per heavy atom. The zero-order valence-corrected chi connectivity index (χ0v) is 15.5. The van der Waals surface area contributed by atoms with Crippen molar-refractivity contribution in [3.8, 4) is 0 Å². The molecule has 1 heterocycles. The maximum absolute atomic E-state index is 13.1. The van der Waals surface area contributed by atoms with E-state index < -0.39 is 24.1 Å². The van der Waals surface area contributed by atoms with Gasteiger partial charge in [0.2, 0.25) is 0 Å². The Balaban J connectivity index is 2.03. The third-order valence-electron chi connectivity index (χ3n) is 3.97. The van der Waals surface area contributed by atoms with Gasteiger partial charge in [0.15, 0.2) is 0 Å². The van der Waals surface area contributed by atoms with E-state index in [9.17, 15) is 17.7 Å². The summed E-state index contributed by atoms with van der Waals surface area (Å²) >= 11 is 0. The molecule has 0 N–H and O–H groups in total. The van der Waals surface area contributed by atoms with Gasteiger partial charge in [-0.25, -0.2) is 4.79 Å². The Kier molecular flexibility index (Phi) is 6.28. The Morgan fingerprint density at radius 1 is 1.22 bits per heavy atom. The molecule has 1 aromatic carbocycles. The zero-order valence-electron chi connectivity index (χ0n) is 15.5. The Morgan fingerprint density at radius 3 is 2.37 bits per heavy atom. The second-order valence-corrected chi connectivity index (χ2v) is 7.44. The summed E-state index contributed by atoms with van der Waals surface area (Å²) in [5.74, 6) is 0. The van der Waals surface area contributed by atoms with Gasteiger partial charge in [0.05, 0.1) is 0 Å². The van der Waals surface area contributed by atoms with Crippen LogP contribution in [0, 0.1) is 0 Å². The minimum absolute atomic E-state index is 0.0587. The van der Waals surface area contributed by atoms with Gasteiger partial charge in [-0.1, -0.05) is 17.2 Å². The number of carbonyl (C=O) groups is 1. The van der Waals surface area contributed by atoms with E-state index >= 15 is 0 Å². The first kappa shape index (κ1) is 20.9. The Labute approximate surface area is 155 Å². The number of nitrogens with zero attached hydrogens (tertiary/aromatic N) is 5. The highest BCUT2D eigenvalue weighted by atomic mass is 19.4. The van der Waals surface area contributed by atoms with Crippen molar-refractivity contribution in [3.05, 3.63) is 34.2 Å². The van der Waals surface area contributed by atoms with Crippen LogP contribution in [0.3, 0.4) is 0 Å². The Hall–Kier alpha value is -2.39. The highest BCUT2D eigenvalue weighted by Gasteiger charge is 2.28. The van der Waals surface area contributed by atoms with E-state index in [4.69, 9.17) is 10.3 Å². The molecular formula is C16H22BF3N5O2-. The largest absolute Gasteiger partial charge is 0.509 e. The summed E-state index contributed by atoms with van der Waals surface area (Å²) in [7, 11) is 0. The van der Waals surface area contributed by atoms with Gasteiger partial charge in [-0.3, -0.25) is 4.90 Å². The Bertz CT molecular complexity index is 737. The number of hydrogen-bond donors (Lipinski definition) is 0. The summed E-state index contributed by atoms with van der Waals surface area (Å²) in [5.41, 5.74) is 7.50. The van der Waals surface area contributed by atoms with Gasteiger partial charge in [0.1, 0.15) is 5.60 Å². The number of carbonyl (C=O) groups excluding carboxylic acids is 1. The normalized spacial score (nSPS) is 16.0. The molecule has 1 aromatic rings. The zero-order chi connectivity index (χ0) is 20.2. The fraction of sp³-hybridized carbons (Fsp3) is 0.562. The van der Waals surface area contributed by atoms with Crippen molar-refractivity contribution in [2.75, 3.05) is 26.2 Å². The predicted octanol–water partition coefficient (Wildman–Crippen LogP) is 3.74. The van der Waals surface area contributed by atoms with Crippen LogP contribution in [0.2, 0.25) is 0 Å². The van der Waals surface area contributed by atoms with Crippen molar-refractivity contribution < 1.29 is 22.5 Å². The molecule has 1 saturated heterocycles. The molecule has 0 radical (unpaired) electrons. The summed E-state index contributed by atoms with van der Waals surface area (Å²) in [6, 6.07) is 3.38. The number of amides is 1. The van der Waals surface area contributed by atoms with Crippen LogP contribution in [-0.4, -0.2) is 54.7 Å². The molecule has 0 aliphatic carbocycles. The van der Waals surface area contributed by atoms with Crippen LogP contribution >= 0.6 is 0 Å². The second kappa shape index (κ2) is 8.10. The van der Waals surface area contributed by atoms with Gasteiger partial charge in [-0.15, -0.1) is 5.46 Å². The summed E-state index contributed by atoms with van der Waals surface area (Å²) < 4.78 is 44.6. The van der Waals surface area contributed by atoms with Crippen molar-refractivity contribution in [2.24, 2.45) is 5.11 Å². The number of rotatable bonds is 4. The van der Waals surface area contributed by atoms with Crippen molar-refractivity contribution in [2.45, 2.75) is 32.9 Å². The van der Waals surface area contributed by atoms with Crippen LogP contribution in [0.15, 0.2) is 23.3 Å². The molecule has 0 saturated carbocycles. The fourth-order valence-corrected chi connectivity index (χ4v) is 2.76. The number of azide groups is 1. The minimum atomic E-state index is -5.19. The van der Waals surface area contributed by atoms with Gasteiger partial charge in [-0.2, -0.15) is 0 Å². The average molecular weight is 384 g/mol. The minimum Gasteiger partial charge on any atom is -0.445 e. The monoisotopic (exact) mass is 384 g/mol. The number of piperazine rings is 1. The fourth-order valence-electron chi connectivity index (χ4n) is 2.76. The predicted molar refractivity (Wildman–Crippen MR) is 97.0 cm³/mol. The van der Waals surface area contributed by atoms with Crippen LogP contribution < -0.4 is 5.46 Å². The second-order valence-electron chi connectivity index (χ2n) is 7.44. The van der Waals surface area contributed by atoms with Crippen LogP contribution in [0.5, 0.6) is 0 Å². The smallest absolute Gasteiger partial charge is 0.445 e. The van der Waals surface area contributed by atoms with Gasteiger partial charge in [0, 0.05) is 43.3 Å². The average Bonchev–Trinajstić information content (AvgIpc) is 2.53. The SMILES string of the molecule is CC(C)(C)OC(=O)N1CCN(Cc2cc(N=[N+]=[N-])cc([B-](F)(F)F)c2)CC1. The van der Waals surface area contributed by atoms with Crippen molar-refractivity contribution in [1.29, 1.82) is 0 Å². The van der Waals surface area contributed by atoms with Gasteiger partial charge < -0.3 is 22.6 Å². The molecule has 148 valence electrons. The topological polar surface area (TPSA) is 81.5 Å². The van der Waals surface area contributed by atoms with E-state index in [1.807, 2.05) is 4.90 Å². The third kappa shape index (κ3) is 6.37. The first-order valence-corrected chi connectivity index (χ1v) is 8.57. The van der Waals surface area contributed by atoms with E-state index in [0.29, 0.717) is 31.7 Å². The molecule has 1 aliphatic heterocycles. The lowest BCUT2D eigenvalue weighted by Crippen LogP contribution is -2.49. The van der Waals surface area contributed by atoms with Gasteiger partial charge in [-0.05, 0) is 37.9 Å². The van der Waals surface area contributed by atoms with Crippen molar-refractivity contribution in [1.82, 2.24) is 9.80 Å². The molecule has 1 aliphatic rings. The maximum atomic E-state index is 13.1. The lowest BCUT2D eigenvalue weighted by atomic mass is 9.79.